The van der Waals surface area contributed by atoms with Crippen LogP contribution in [0.3, 0.4) is 0 Å². The Morgan fingerprint density at radius 1 is 1.05 bits per heavy atom. The van der Waals surface area contributed by atoms with Crippen LogP contribution in [0.2, 0.25) is 0 Å². The van der Waals surface area contributed by atoms with Crippen molar-refractivity contribution in [2.45, 2.75) is 37.9 Å². The lowest BCUT2D eigenvalue weighted by Gasteiger charge is -2.33. The zero-order valence-corrected chi connectivity index (χ0v) is 12.4. The molecule has 20 heavy (non-hydrogen) atoms. The topological polar surface area (TPSA) is 3.24 Å². The second kappa shape index (κ2) is 5.19. The summed E-state index contributed by atoms with van der Waals surface area (Å²) >= 11 is 1.88. The van der Waals surface area contributed by atoms with Gasteiger partial charge in [0.25, 0.3) is 0 Å². The largest absolute Gasteiger partial charge is 0.289 e. The molecule has 2 heteroatoms. The summed E-state index contributed by atoms with van der Waals surface area (Å²) < 4.78 is 0. The molecule has 4 rings (SSSR count). The fraction of sp³-hybridized carbons (Fsp3) is 0.333. The summed E-state index contributed by atoms with van der Waals surface area (Å²) in [5.74, 6) is 0. The van der Waals surface area contributed by atoms with Crippen molar-refractivity contribution in [2.75, 3.05) is 0 Å². The van der Waals surface area contributed by atoms with E-state index in [1.54, 1.807) is 5.57 Å². The van der Waals surface area contributed by atoms with Crippen molar-refractivity contribution >= 4 is 16.9 Å². The molecule has 0 spiro atoms. The summed E-state index contributed by atoms with van der Waals surface area (Å²) in [6.07, 6.45) is 6.43. The summed E-state index contributed by atoms with van der Waals surface area (Å²) in [5.41, 5.74) is 3.02. The lowest BCUT2D eigenvalue weighted by atomic mass is 9.99. The van der Waals surface area contributed by atoms with Gasteiger partial charge >= 0.3 is 0 Å². The van der Waals surface area contributed by atoms with Crippen LogP contribution in [-0.4, -0.2) is 17.0 Å². The SMILES string of the molecule is C1=C(c2cccs2)CC2CCC1N2Cc1ccccc1. The molecular formula is C18H19NS. The summed E-state index contributed by atoms with van der Waals surface area (Å²) in [7, 11) is 0. The summed E-state index contributed by atoms with van der Waals surface area (Å²) in [4.78, 5) is 4.17. The summed E-state index contributed by atoms with van der Waals surface area (Å²) in [5, 5.41) is 2.19. The van der Waals surface area contributed by atoms with Gasteiger partial charge in [-0.15, -0.1) is 11.3 Å². The first-order valence-electron chi connectivity index (χ1n) is 7.44. The average Bonchev–Trinajstić information content (AvgIpc) is 3.08. The van der Waals surface area contributed by atoms with Gasteiger partial charge in [0.2, 0.25) is 0 Å². The smallest absolute Gasteiger partial charge is 0.0300 e. The molecule has 1 fully saturated rings. The predicted molar refractivity (Wildman–Crippen MR) is 85.7 cm³/mol. The third-order valence-corrected chi connectivity index (χ3v) is 5.53. The Balaban J connectivity index is 1.57. The van der Waals surface area contributed by atoms with Crippen LogP contribution >= 0.6 is 11.3 Å². The zero-order valence-electron chi connectivity index (χ0n) is 11.5. The Labute approximate surface area is 124 Å². The minimum atomic E-state index is 0.644. The maximum atomic E-state index is 2.70. The number of hydrogen-bond acceptors (Lipinski definition) is 2. The first kappa shape index (κ1) is 12.4. The first-order chi connectivity index (χ1) is 9.90. The van der Waals surface area contributed by atoms with Crippen LogP contribution in [0.1, 0.15) is 29.7 Å². The van der Waals surface area contributed by atoms with Crippen molar-refractivity contribution in [3.8, 4) is 0 Å². The molecule has 1 aromatic heterocycles. The number of rotatable bonds is 3. The predicted octanol–water partition coefficient (Wildman–Crippen LogP) is 4.57. The van der Waals surface area contributed by atoms with E-state index in [1.807, 2.05) is 11.3 Å². The molecule has 3 heterocycles. The van der Waals surface area contributed by atoms with Crippen molar-refractivity contribution in [3.63, 3.8) is 0 Å². The van der Waals surface area contributed by atoms with Gasteiger partial charge in [0.15, 0.2) is 0 Å². The quantitative estimate of drug-likeness (QED) is 0.796. The molecule has 2 aromatic rings. The molecule has 2 aliphatic heterocycles. The molecule has 0 saturated carbocycles. The number of nitrogens with zero attached hydrogens (tertiary/aromatic N) is 1. The van der Waals surface area contributed by atoms with Gasteiger partial charge in [-0.2, -0.15) is 0 Å². The molecular weight excluding hydrogens is 262 g/mol. The third kappa shape index (κ3) is 2.23. The van der Waals surface area contributed by atoms with E-state index in [-0.39, 0.29) is 0 Å². The van der Waals surface area contributed by atoms with Crippen LogP contribution in [-0.2, 0) is 6.54 Å². The van der Waals surface area contributed by atoms with Crippen LogP contribution in [0.5, 0.6) is 0 Å². The first-order valence-corrected chi connectivity index (χ1v) is 8.32. The molecule has 1 saturated heterocycles. The van der Waals surface area contributed by atoms with Gasteiger partial charge in [-0.1, -0.05) is 42.5 Å². The van der Waals surface area contributed by atoms with E-state index in [1.165, 1.54) is 29.7 Å². The third-order valence-electron chi connectivity index (χ3n) is 4.59. The van der Waals surface area contributed by atoms with Crippen molar-refractivity contribution < 1.29 is 0 Å². The monoisotopic (exact) mass is 281 g/mol. The van der Waals surface area contributed by atoms with Crippen molar-refractivity contribution in [2.24, 2.45) is 0 Å². The molecule has 1 nitrogen and oxygen atoms in total. The Hall–Kier alpha value is -1.38. The van der Waals surface area contributed by atoms with E-state index >= 15 is 0 Å². The minimum Gasteiger partial charge on any atom is -0.289 e. The van der Waals surface area contributed by atoms with Gasteiger partial charge in [-0.3, -0.25) is 4.90 Å². The lowest BCUT2D eigenvalue weighted by Crippen LogP contribution is -2.37. The van der Waals surface area contributed by atoms with Gasteiger partial charge in [0, 0.05) is 23.5 Å². The molecule has 2 bridgehead atoms. The molecule has 0 radical (unpaired) electrons. The molecule has 2 aliphatic rings. The molecule has 2 atom stereocenters. The van der Waals surface area contributed by atoms with Crippen LogP contribution in [0.15, 0.2) is 53.9 Å². The lowest BCUT2D eigenvalue weighted by molar-refractivity contribution is 0.203. The van der Waals surface area contributed by atoms with E-state index in [4.69, 9.17) is 0 Å². The molecule has 1 aromatic carbocycles. The van der Waals surface area contributed by atoms with E-state index in [0.717, 1.165) is 12.6 Å². The Kier molecular flexibility index (Phi) is 3.21. The van der Waals surface area contributed by atoms with Gasteiger partial charge in [0.05, 0.1) is 0 Å². The fourth-order valence-electron chi connectivity index (χ4n) is 3.60. The zero-order chi connectivity index (χ0) is 13.4. The van der Waals surface area contributed by atoms with E-state index in [0.29, 0.717) is 6.04 Å². The van der Waals surface area contributed by atoms with Crippen molar-refractivity contribution in [1.82, 2.24) is 4.90 Å². The Morgan fingerprint density at radius 2 is 1.95 bits per heavy atom. The number of thiophene rings is 1. The Bertz CT molecular complexity index is 600. The van der Waals surface area contributed by atoms with E-state index in [2.05, 4.69) is 58.8 Å². The molecule has 2 unspecified atom stereocenters. The molecule has 102 valence electrons. The minimum absolute atomic E-state index is 0.644. The molecule has 0 N–H and O–H groups in total. The van der Waals surface area contributed by atoms with Crippen molar-refractivity contribution in [1.29, 1.82) is 0 Å². The highest BCUT2D eigenvalue weighted by molar-refractivity contribution is 7.11. The van der Waals surface area contributed by atoms with E-state index in [9.17, 15) is 0 Å². The highest BCUT2D eigenvalue weighted by atomic mass is 32.1. The normalized spacial score (nSPS) is 25.7. The number of fused-ring (bicyclic) bond motifs is 2. The van der Waals surface area contributed by atoms with Crippen LogP contribution in [0, 0.1) is 0 Å². The van der Waals surface area contributed by atoms with Gasteiger partial charge in [-0.05, 0) is 41.8 Å². The second-order valence-corrected chi connectivity index (χ2v) is 6.78. The highest BCUT2D eigenvalue weighted by Crippen LogP contribution is 2.40. The summed E-state index contributed by atoms with van der Waals surface area (Å²) in [6.45, 7) is 1.10. The van der Waals surface area contributed by atoms with Crippen molar-refractivity contribution in [3.05, 3.63) is 64.4 Å². The number of benzene rings is 1. The number of hydrogen-bond donors (Lipinski definition) is 0. The van der Waals surface area contributed by atoms with E-state index < -0.39 is 0 Å². The second-order valence-electron chi connectivity index (χ2n) is 5.83. The van der Waals surface area contributed by atoms with Gasteiger partial charge in [-0.25, -0.2) is 0 Å². The van der Waals surface area contributed by atoms with Gasteiger partial charge < -0.3 is 0 Å². The maximum Gasteiger partial charge on any atom is 0.0300 e. The van der Waals surface area contributed by atoms with Gasteiger partial charge in [0.1, 0.15) is 0 Å². The maximum absolute atomic E-state index is 2.70. The molecule has 0 aliphatic carbocycles. The van der Waals surface area contributed by atoms with Crippen LogP contribution < -0.4 is 0 Å². The summed E-state index contributed by atoms with van der Waals surface area (Å²) in [6, 6.07) is 16.7. The standard InChI is InChI=1S/C18H19NS/c1-2-5-14(6-3-1)13-19-16-8-9-17(19)12-15(11-16)18-7-4-10-20-18/h1-7,10-11,16-17H,8-9,12-13H2. The average molecular weight is 281 g/mol. The molecule has 0 amide bonds. The Morgan fingerprint density at radius 3 is 2.70 bits per heavy atom. The van der Waals surface area contributed by atoms with Crippen LogP contribution in [0.4, 0.5) is 0 Å². The van der Waals surface area contributed by atoms with Crippen LogP contribution in [0.25, 0.3) is 5.57 Å². The fourth-order valence-corrected chi connectivity index (χ4v) is 4.37. The highest BCUT2D eigenvalue weighted by Gasteiger charge is 2.36.